The number of ether oxygens (including phenoxy) is 1. The fraction of sp³-hybridized carbons (Fsp3) is 0.462. The van der Waals surface area contributed by atoms with E-state index < -0.39 is 0 Å². The molecule has 0 aromatic heterocycles. The molecule has 1 rings (SSSR count). The van der Waals surface area contributed by atoms with Crippen molar-refractivity contribution in [2.24, 2.45) is 0 Å². The molecule has 17 heavy (non-hydrogen) atoms. The molecule has 4 nitrogen and oxygen atoms in total. The van der Waals surface area contributed by atoms with Crippen molar-refractivity contribution in [2.45, 2.75) is 26.5 Å². The van der Waals surface area contributed by atoms with Gasteiger partial charge in [-0.25, -0.2) is 0 Å². The number of hydrogen-bond donors (Lipinski definition) is 2. The van der Waals surface area contributed by atoms with Gasteiger partial charge in [-0.1, -0.05) is 24.3 Å². The van der Waals surface area contributed by atoms with E-state index in [1.165, 1.54) is 0 Å². The van der Waals surface area contributed by atoms with Crippen LogP contribution < -0.4 is 5.32 Å². The molecule has 0 heterocycles. The van der Waals surface area contributed by atoms with Crippen LogP contribution in [0.5, 0.6) is 0 Å². The predicted molar refractivity (Wildman–Crippen MR) is 65.3 cm³/mol. The van der Waals surface area contributed by atoms with Crippen molar-refractivity contribution in [3.8, 4) is 0 Å². The lowest BCUT2D eigenvalue weighted by atomic mass is 10.1. The van der Waals surface area contributed by atoms with Gasteiger partial charge in [0.2, 0.25) is 5.91 Å². The first-order valence-electron chi connectivity index (χ1n) is 5.79. The van der Waals surface area contributed by atoms with Gasteiger partial charge >= 0.3 is 0 Å². The van der Waals surface area contributed by atoms with E-state index >= 15 is 0 Å². The Kier molecular flexibility index (Phi) is 6.29. The topological polar surface area (TPSA) is 58.6 Å². The van der Waals surface area contributed by atoms with Crippen molar-refractivity contribution >= 4 is 5.91 Å². The van der Waals surface area contributed by atoms with Crippen LogP contribution in [-0.2, 0) is 22.7 Å². The third-order valence-corrected chi connectivity index (χ3v) is 2.34. The fourth-order valence-corrected chi connectivity index (χ4v) is 1.44. The number of rotatable bonds is 7. The van der Waals surface area contributed by atoms with E-state index in [0.717, 1.165) is 11.1 Å². The Bertz CT molecular complexity index is 352. The second-order valence-corrected chi connectivity index (χ2v) is 3.70. The van der Waals surface area contributed by atoms with E-state index in [2.05, 4.69) is 5.32 Å². The van der Waals surface area contributed by atoms with E-state index in [9.17, 15) is 4.79 Å². The molecule has 0 saturated carbocycles. The molecule has 1 aromatic rings. The highest BCUT2D eigenvalue weighted by Crippen LogP contribution is 2.04. The summed E-state index contributed by atoms with van der Waals surface area (Å²) in [5.41, 5.74) is 1.84. The predicted octanol–water partition coefficient (Wildman–Crippen LogP) is 1.22. The van der Waals surface area contributed by atoms with Gasteiger partial charge in [0.1, 0.15) is 0 Å². The number of hydrogen-bond acceptors (Lipinski definition) is 3. The van der Waals surface area contributed by atoms with Crippen LogP contribution in [0.1, 0.15) is 24.5 Å². The molecule has 0 radical (unpaired) electrons. The summed E-state index contributed by atoms with van der Waals surface area (Å²) in [4.78, 5) is 11.4. The number of aliphatic hydroxyl groups is 1. The zero-order chi connectivity index (χ0) is 12.5. The van der Waals surface area contributed by atoms with Crippen molar-refractivity contribution < 1.29 is 14.6 Å². The Morgan fingerprint density at radius 3 is 2.88 bits per heavy atom. The summed E-state index contributed by atoms with van der Waals surface area (Å²) in [5.74, 6) is -0.0205. The first-order valence-corrected chi connectivity index (χ1v) is 5.79. The first-order chi connectivity index (χ1) is 8.26. The monoisotopic (exact) mass is 237 g/mol. The molecule has 0 unspecified atom stereocenters. The number of carbonyl (C=O) groups excluding carboxylic acids is 1. The Hall–Kier alpha value is -1.39. The van der Waals surface area contributed by atoms with Crippen LogP contribution in [0.2, 0.25) is 0 Å². The zero-order valence-electron chi connectivity index (χ0n) is 10.1. The SMILES string of the molecule is CCOCCC(=O)NCc1cccc(CO)c1. The third-order valence-electron chi connectivity index (χ3n) is 2.34. The van der Waals surface area contributed by atoms with Gasteiger partial charge in [0, 0.05) is 19.6 Å². The molecule has 0 saturated heterocycles. The Labute approximate surface area is 102 Å². The van der Waals surface area contributed by atoms with Gasteiger partial charge in [-0.2, -0.15) is 0 Å². The Morgan fingerprint density at radius 1 is 1.41 bits per heavy atom. The second kappa shape index (κ2) is 7.81. The van der Waals surface area contributed by atoms with Gasteiger partial charge in [0.15, 0.2) is 0 Å². The van der Waals surface area contributed by atoms with Gasteiger partial charge in [0.25, 0.3) is 0 Å². The quantitative estimate of drug-likeness (QED) is 0.701. The minimum absolute atomic E-state index is 0.0200. The second-order valence-electron chi connectivity index (χ2n) is 3.70. The van der Waals surface area contributed by atoms with Crippen LogP contribution in [0.4, 0.5) is 0 Å². The Morgan fingerprint density at radius 2 is 2.18 bits per heavy atom. The van der Waals surface area contributed by atoms with Crippen LogP contribution in [0.25, 0.3) is 0 Å². The lowest BCUT2D eigenvalue weighted by Gasteiger charge is -2.06. The molecule has 0 bridgehead atoms. The molecular weight excluding hydrogens is 218 g/mol. The largest absolute Gasteiger partial charge is 0.392 e. The molecule has 0 aliphatic rings. The lowest BCUT2D eigenvalue weighted by Crippen LogP contribution is -2.23. The summed E-state index contributed by atoms with van der Waals surface area (Å²) in [6.45, 7) is 3.49. The first kappa shape index (κ1) is 13.7. The van der Waals surface area contributed by atoms with Gasteiger partial charge in [0.05, 0.1) is 13.2 Å². The van der Waals surface area contributed by atoms with Crippen molar-refractivity contribution in [3.63, 3.8) is 0 Å². The summed E-state index contributed by atoms with van der Waals surface area (Å²) in [6, 6.07) is 7.51. The van der Waals surface area contributed by atoms with Crippen molar-refractivity contribution in [3.05, 3.63) is 35.4 Å². The summed E-state index contributed by atoms with van der Waals surface area (Å²) in [7, 11) is 0. The maximum atomic E-state index is 11.4. The maximum absolute atomic E-state index is 11.4. The van der Waals surface area contributed by atoms with Crippen molar-refractivity contribution in [2.75, 3.05) is 13.2 Å². The van der Waals surface area contributed by atoms with Gasteiger partial charge in [-0.05, 0) is 18.1 Å². The molecule has 2 N–H and O–H groups in total. The fourth-order valence-electron chi connectivity index (χ4n) is 1.44. The summed E-state index contributed by atoms with van der Waals surface area (Å²) < 4.78 is 5.10. The maximum Gasteiger partial charge on any atom is 0.222 e. The molecule has 94 valence electrons. The molecule has 1 aromatic carbocycles. The standard InChI is InChI=1S/C13H19NO3/c1-2-17-7-6-13(16)14-9-11-4-3-5-12(8-11)10-15/h3-5,8,15H,2,6-7,9-10H2,1H3,(H,14,16). The number of nitrogens with one attached hydrogen (secondary N) is 1. The molecule has 0 fully saturated rings. The zero-order valence-corrected chi connectivity index (χ0v) is 10.1. The minimum Gasteiger partial charge on any atom is -0.392 e. The number of aliphatic hydroxyl groups excluding tert-OH is 1. The molecule has 0 aliphatic heterocycles. The molecular formula is C13H19NO3. The summed E-state index contributed by atoms with van der Waals surface area (Å²) >= 11 is 0. The van der Waals surface area contributed by atoms with Crippen molar-refractivity contribution in [1.29, 1.82) is 0 Å². The highest BCUT2D eigenvalue weighted by Gasteiger charge is 2.01. The molecule has 1 amide bonds. The van der Waals surface area contributed by atoms with Crippen molar-refractivity contribution in [1.82, 2.24) is 5.32 Å². The van der Waals surface area contributed by atoms with E-state index in [4.69, 9.17) is 9.84 Å². The number of amides is 1. The van der Waals surface area contributed by atoms with Gasteiger partial charge in [-0.3, -0.25) is 4.79 Å². The van der Waals surface area contributed by atoms with Gasteiger partial charge in [-0.15, -0.1) is 0 Å². The van der Waals surface area contributed by atoms with Gasteiger partial charge < -0.3 is 15.2 Å². The Balaban J connectivity index is 2.31. The molecule has 4 heteroatoms. The number of carbonyl (C=O) groups is 1. The van der Waals surface area contributed by atoms with E-state index in [1.807, 2.05) is 31.2 Å². The molecule has 0 atom stereocenters. The van der Waals surface area contributed by atoms with Crippen LogP contribution in [0, 0.1) is 0 Å². The highest BCUT2D eigenvalue weighted by molar-refractivity contribution is 5.75. The van der Waals surface area contributed by atoms with E-state index in [1.54, 1.807) is 0 Å². The summed E-state index contributed by atoms with van der Waals surface area (Å²) in [5, 5.41) is 11.8. The lowest BCUT2D eigenvalue weighted by molar-refractivity contribution is -0.122. The average Bonchev–Trinajstić information content (AvgIpc) is 2.37. The van der Waals surface area contributed by atoms with E-state index in [-0.39, 0.29) is 12.5 Å². The average molecular weight is 237 g/mol. The smallest absolute Gasteiger partial charge is 0.222 e. The third kappa shape index (κ3) is 5.47. The summed E-state index contributed by atoms with van der Waals surface area (Å²) in [6.07, 6.45) is 0.382. The van der Waals surface area contributed by atoms with Crippen LogP contribution >= 0.6 is 0 Å². The molecule has 0 aliphatic carbocycles. The van der Waals surface area contributed by atoms with E-state index in [0.29, 0.717) is 26.2 Å². The normalized spacial score (nSPS) is 10.2. The highest BCUT2D eigenvalue weighted by atomic mass is 16.5. The number of benzene rings is 1. The van der Waals surface area contributed by atoms with Crippen LogP contribution in [0.15, 0.2) is 24.3 Å². The molecule has 0 spiro atoms. The van der Waals surface area contributed by atoms with Crippen LogP contribution in [0.3, 0.4) is 0 Å². The minimum atomic E-state index is -0.0205. The van der Waals surface area contributed by atoms with Crippen LogP contribution in [-0.4, -0.2) is 24.2 Å².